The van der Waals surface area contributed by atoms with Crippen molar-refractivity contribution in [3.05, 3.63) is 30.0 Å². The van der Waals surface area contributed by atoms with E-state index in [1.165, 1.54) is 0 Å². The molecule has 1 heterocycles. The van der Waals surface area contributed by atoms with Crippen LogP contribution < -0.4 is 5.73 Å². The van der Waals surface area contributed by atoms with E-state index < -0.39 is 0 Å². The first kappa shape index (κ1) is 9.58. The molecule has 0 saturated heterocycles. The van der Waals surface area contributed by atoms with Gasteiger partial charge < -0.3 is 15.5 Å². The lowest BCUT2D eigenvalue weighted by atomic mass is 10.2. The molecule has 0 aliphatic heterocycles. The summed E-state index contributed by atoms with van der Waals surface area (Å²) in [6, 6.07) is 7.72. The van der Waals surface area contributed by atoms with Crippen LogP contribution in [0.4, 0.5) is 5.69 Å². The van der Waals surface area contributed by atoms with Crippen LogP contribution in [0.3, 0.4) is 0 Å². The van der Waals surface area contributed by atoms with Crippen LogP contribution in [0, 0.1) is 0 Å². The highest BCUT2D eigenvalue weighted by Crippen LogP contribution is 2.18. The van der Waals surface area contributed by atoms with Crippen LogP contribution >= 0.6 is 0 Å². The van der Waals surface area contributed by atoms with Gasteiger partial charge in [-0.05, 0) is 24.3 Å². The number of nitrogen functional groups attached to an aromatic ring is 1. The first-order valence-corrected chi connectivity index (χ1v) is 4.72. The van der Waals surface area contributed by atoms with Gasteiger partial charge in [0.1, 0.15) is 0 Å². The van der Waals surface area contributed by atoms with Crippen LogP contribution in [0.1, 0.15) is 5.69 Å². The molecule has 0 bridgehead atoms. The van der Waals surface area contributed by atoms with Gasteiger partial charge >= 0.3 is 0 Å². The number of anilines is 1. The highest BCUT2D eigenvalue weighted by atomic mass is 16.5. The number of aromatic nitrogens is 1. The Morgan fingerprint density at radius 1 is 1.40 bits per heavy atom. The van der Waals surface area contributed by atoms with Gasteiger partial charge in [0.15, 0.2) is 0 Å². The number of nitrogens with two attached hydrogens (primary N) is 1. The second-order valence-corrected chi connectivity index (χ2v) is 3.36. The van der Waals surface area contributed by atoms with Crippen molar-refractivity contribution in [1.29, 1.82) is 0 Å². The molecule has 0 radical (unpaired) electrons. The summed E-state index contributed by atoms with van der Waals surface area (Å²) in [5, 5.41) is 1.08. The van der Waals surface area contributed by atoms with Gasteiger partial charge in [-0.25, -0.2) is 0 Å². The number of carbonyl (C=O) groups is 1. The first-order chi connectivity index (χ1) is 7.29. The summed E-state index contributed by atoms with van der Waals surface area (Å²) < 4.78 is 4.63. The third-order valence-corrected chi connectivity index (χ3v) is 2.26. The normalized spacial score (nSPS) is 10.4. The summed E-state index contributed by atoms with van der Waals surface area (Å²) in [4.78, 5) is 13.2. The molecule has 3 N–H and O–H groups in total. The molecular weight excluding hydrogens is 192 g/mol. The fraction of sp³-hybridized carbons (Fsp3) is 0.182. The monoisotopic (exact) mass is 204 g/mol. The van der Waals surface area contributed by atoms with Crippen molar-refractivity contribution >= 4 is 23.1 Å². The van der Waals surface area contributed by atoms with Crippen molar-refractivity contribution in [3.63, 3.8) is 0 Å². The summed E-state index contributed by atoms with van der Waals surface area (Å²) >= 11 is 0. The average Bonchev–Trinajstić information content (AvgIpc) is 2.60. The Morgan fingerprint density at radius 2 is 2.27 bits per heavy atom. The van der Waals surface area contributed by atoms with Gasteiger partial charge in [0.2, 0.25) is 0 Å². The topological polar surface area (TPSA) is 68.1 Å². The number of nitrogens with one attached hydrogen (secondary N) is 1. The number of benzene rings is 1. The molecule has 0 saturated carbocycles. The summed E-state index contributed by atoms with van der Waals surface area (Å²) in [6.07, 6.45) is 0.688. The SMILES string of the molecule is Nc1ccc2[nH]c(CCOC=O)cc2c1. The number of carbonyl (C=O) groups excluding carboxylic acids is 1. The average molecular weight is 204 g/mol. The molecule has 2 rings (SSSR count). The minimum absolute atomic E-state index is 0.395. The molecule has 4 heteroatoms. The summed E-state index contributed by atoms with van der Waals surface area (Å²) in [6.45, 7) is 0.854. The zero-order chi connectivity index (χ0) is 10.7. The van der Waals surface area contributed by atoms with E-state index >= 15 is 0 Å². The molecule has 0 fully saturated rings. The molecule has 2 aromatic rings. The second-order valence-electron chi connectivity index (χ2n) is 3.36. The predicted molar refractivity (Wildman–Crippen MR) is 58.4 cm³/mol. The molecule has 0 amide bonds. The number of aromatic amines is 1. The van der Waals surface area contributed by atoms with Gasteiger partial charge in [0, 0.05) is 28.7 Å². The Hall–Kier alpha value is -1.97. The fourth-order valence-corrected chi connectivity index (χ4v) is 1.56. The zero-order valence-electron chi connectivity index (χ0n) is 8.19. The van der Waals surface area contributed by atoms with Crippen molar-refractivity contribution in [1.82, 2.24) is 4.98 Å². The van der Waals surface area contributed by atoms with Gasteiger partial charge in [-0.1, -0.05) is 0 Å². The number of fused-ring (bicyclic) bond motifs is 1. The number of rotatable bonds is 4. The van der Waals surface area contributed by atoms with E-state index in [0.717, 1.165) is 22.3 Å². The first-order valence-electron chi connectivity index (χ1n) is 4.72. The molecule has 1 aromatic heterocycles. The van der Waals surface area contributed by atoms with E-state index in [4.69, 9.17) is 5.73 Å². The Bertz CT molecular complexity index is 476. The van der Waals surface area contributed by atoms with Gasteiger partial charge in [0.05, 0.1) is 6.61 Å². The standard InChI is InChI=1S/C11H12N2O2/c12-9-1-2-11-8(5-9)6-10(13-11)3-4-15-7-14/h1-2,5-7,13H,3-4,12H2. The summed E-state index contributed by atoms with van der Waals surface area (Å²) in [5.74, 6) is 0. The van der Waals surface area contributed by atoms with E-state index in [0.29, 0.717) is 19.5 Å². The summed E-state index contributed by atoms with van der Waals surface area (Å²) in [5.41, 5.74) is 8.50. The van der Waals surface area contributed by atoms with Gasteiger partial charge in [0.25, 0.3) is 6.47 Å². The maximum atomic E-state index is 9.96. The van der Waals surface area contributed by atoms with E-state index in [2.05, 4.69) is 9.72 Å². The molecule has 0 unspecified atom stereocenters. The largest absolute Gasteiger partial charge is 0.467 e. The lowest BCUT2D eigenvalue weighted by Crippen LogP contribution is -1.96. The maximum absolute atomic E-state index is 9.96. The smallest absolute Gasteiger partial charge is 0.293 e. The van der Waals surface area contributed by atoms with Gasteiger partial charge in [-0.2, -0.15) is 0 Å². The van der Waals surface area contributed by atoms with E-state index in [9.17, 15) is 4.79 Å². The van der Waals surface area contributed by atoms with Crippen LogP contribution in [0.15, 0.2) is 24.3 Å². The number of hydrogen-bond donors (Lipinski definition) is 2. The quantitative estimate of drug-likeness (QED) is 0.450. The Morgan fingerprint density at radius 3 is 3.07 bits per heavy atom. The maximum Gasteiger partial charge on any atom is 0.293 e. The third-order valence-electron chi connectivity index (χ3n) is 2.26. The molecule has 0 atom stereocenters. The molecule has 0 spiro atoms. The van der Waals surface area contributed by atoms with E-state index in [1.807, 2.05) is 24.3 Å². The van der Waals surface area contributed by atoms with Gasteiger partial charge in [-0.3, -0.25) is 4.79 Å². The van der Waals surface area contributed by atoms with Crippen LogP contribution in [-0.2, 0) is 16.0 Å². The molecule has 4 nitrogen and oxygen atoms in total. The van der Waals surface area contributed by atoms with Crippen molar-refractivity contribution in [2.24, 2.45) is 0 Å². The number of H-pyrrole nitrogens is 1. The predicted octanol–water partition coefficient (Wildman–Crippen LogP) is 1.47. The zero-order valence-corrected chi connectivity index (χ0v) is 8.19. The van der Waals surface area contributed by atoms with Crippen molar-refractivity contribution < 1.29 is 9.53 Å². The number of ether oxygens (including phenoxy) is 1. The Kier molecular flexibility index (Phi) is 2.58. The van der Waals surface area contributed by atoms with E-state index in [-0.39, 0.29) is 0 Å². The molecule has 0 aliphatic carbocycles. The summed E-state index contributed by atoms with van der Waals surface area (Å²) in [7, 11) is 0. The van der Waals surface area contributed by atoms with Gasteiger partial charge in [-0.15, -0.1) is 0 Å². The number of hydrogen-bond acceptors (Lipinski definition) is 3. The third kappa shape index (κ3) is 2.10. The van der Waals surface area contributed by atoms with Crippen molar-refractivity contribution in [2.75, 3.05) is 12.3 Å². The lowest BCUT2D eigenvalue weighted by Gasteiger charge is -1.94. The molecule has 0 aliphatic rings. The molecular formula is C11H12N2O2. The highest BCUT2D eigenvalue weighted by Gasteiger charge is 2.00. The van der Waals surface area contributed by atoms with E-state index in [1.54, 1.807) is 0 Å². The fourth-order valence-electron chi connectivity index (χ4n) is 1.56. The molecule has 1 aromatic carbocycles. The lowest BCUT2D eigenvalue weighted by molar-refractivity contribution is -0.128. The van der Waals surface area contributed by atoms with Crippen LogP contribution in [0.2, 0.25) is 0 Å². The second kappa shape index (κ2) is 4.04. The minimum Gasteiger partial charge on any atom is -0.467 e. The van der Waals surface area contributed by atoms with Crippen molar-refractivity contribution in [3.8, 4) is 0 Å². The minimum atomic E-state index is 0.395. The molecule has 78 valence electrons. The highest BCUT2D eigenvalue weighted by molar-refractivity contribution is 5.83. The van der Waals surface area contributed by atoms with Crippen LogP contribution in [-0.4, -0.2) is 18.1 Å². The molecule has 15 heavy (non-hydrogen) atoms. The Balaban J connectivity index is 2.19. The van der Waals surface area contributed by atoms with Crippen LogP contribution in [0.5, 0.6) is 0 Å². The van der Waals surface area contributed by atoms with Crippen LogP contribution in [0.25, 0.3) is 10.9 Å². The van der Waals surface area contributed by atoms with Crippen molar-refractivity contribution in [2.45, 2.75) is 6.42 Å². The Labute approximate surface area is 87.0 Å².